The second-order valence-corrected chi connectivity index (χ2v) is 10.00. The summed E-state index contributed by atoms with van der Waals surface area (Å²) in [4.78, 5) is 76.6. The standard InChI is InChI=1S/C26H37N7O7/c1-13(2)9-20(26(39)40)33-25(38)19(11-22(29)35)32-24(37)18(7-8-21(28)34)31-23(36)16(27)10-14-12-30-17-6-4-3-5-15(14)17/h3-6,12-13,16,18-20,30H,7-11,27H2,1-2H3,(H2,28,34)(H2,29,35)(H,31,36)(H,32,37)(H,33,38)(H,39,40). The zero-order chi connectivity index (χ0) is 30.0. The summed E-state index contributed by atoms with van der Waals surface area (Å²) in [6, 6.07) is 2.22. The Labute approximate surface area is 230 Å². The van der Waals surface area contributed by atoms with Crippen LogP contribution in [0.4, 0.5) is 0 Å². The van der Waals surface area contributed by atoms with E-state index in [1.807, 2.05) is 24.3 Å². The molecule has 5 amide bonds. The van der Waals surface area contributed by atoms with Crippen molar-refractivity contribution in [1.82, 2.24) is 20.9 Å². The Balaban J connectivity index is 2.16. The highest BCUT2D eigenvalue weighted by Gasteiger charge is 2.31. The number of aromatic amines is 1. The number of primary amides is 2. The molecule has 0 fully saturated rings. The summed E-state index contributed by atoms with van der Waals surface area (Å²) in [5.74, 6) is -5.60. The highest BCUT2D eigenvalue weighted by molar-refractivity contribution is 5.96. The van der Waals surface area contributed by atoms with E-state index in [1.165, 1.54) is 0 Å². The van der Waals surface area contributed by atoms with Crippen LogP contribution in [0.25, 0.3) is 10.9 Å². The van der Waals surface area contributed by atoms with Gasteiger partial charge in [0, 0.05) is 23.5 Å². The third-order valence-electron chi connectivity index (χ3n) is 6.12. The number of carboxylic acid groups (broad SMARTS) is 1. The highest BCUT2D eigenvalue weighted by Crippen LogP contribution is 2.19. The first kappa shape index (κ1) is 31.8. The average molecular weight is 560 g/mol. The number of H-pyrrole nitrogens is 1. The quantitative estimate of drug-likeness (QED) is 0.123. The van der Waals surface area contributed by atoms with Crippen molar-refractivity contribution >= 4 is 46.4 Å². The van der Waals surface area contributed by atoms with Crippen molar-refractivity contribution in [1.29, 1.82) is 0 Å². The van der Waals surface area contributed by atoms with Gasteiger partial charge in [-0.15, -0.1) is 0 Å². The Kier molecular flexibility index (Phi) is 11.6. The zero-order valence-electron chi connectivity index (χ0n) is 22.4. The predicted molar refractivity (Wildman–Crippen MR) is 145 cm³/mol. The van der Waals surface area contributed by atoms with E-state index in [9.17, 15) is 33.9 Å². The van der Waals surface area contributed by atoms with E-state index in [0.717, 1.165) is 16.5 Å². The molecule has 0 saturated heterocycles. The number of para-hydroxylation sites is 1. The van der Waals surface area contributed by atoms with Gasteiger partial charge in [-0.05, 0) is 36.8 Å². The second kappa shape index (κ2) is 14.6. The molecule has 218 valence electrons. The Bertz CT molecular complexity index is 1240. The van der Waals surface area contributed by atoms with Crippen LogP contribution in [0.15, 0.2) is 30.5 Å². The van der Waals surface area contributed by atoms with Gasteiger partial charge in [-0.3, -0.25) is 24.0 Å². The minimum absolute atomic E-state index is 0.0764. The third-order valence-corrected chi connectivity index (χ3v) is 6.12. The molecule has 14 nitrogen and oxygen atoms in total. The van der Waals surface area contributed by atoms with Crippen LogP contribution < -0.4 is 33.2 Å². The van der Waals surface area contributed by atoms with Crippen LogP contribution >= 0.6 is 0 Å². The normalized spacial score (nSPS) is 14.1. The summed E-state index contributed by atoms with van der Waals surface area (Å²) < 4.78 is 0. The minimum atomic E-state index is -1.54. The number of carbonyl (C=O) groups excluding carboxylic acids is 5. The van der Waals surface area contributed by atoms with Crippen LogP contribution in [0, 0.1) is 5.92 Å². The van der Waals surface area contributed by atoms with Crippen molar-refractivity contribution in [2.75, 3.05) is 0 Å². The summed E-state index contributed by atoms with van der Waals surface area (Å²) in [5, 5.41) is 17.4. The molecule has 0 aliphatic carbocycles. The molecule has 2 aromatic rings. The highest BCUT2D eigenvalue weighted by atomic mass is 16.4. The number of carbonyl (C=O) groups is 6. The molecular weight excluding hydrogens is 522 g/mol. The molecule has 4 unspecified atom stereocenters. The third kappa shape index (κ3) is 9.69. The maximum Gasteiger partial charge on any atom is 0.326 e. The predicted octanol–water partition coefficient (Wildman–Crippen LogP) is -1.24. The van der Waals surface area contributed by atoms with E-state index in [2.05, 4.69) is 20.9 Å². The molecular formula is C26H37N7O7. The molecule has 1 aromatic carbocycles. The van der Waals surface area contributed by atoms with Gasteiger partial charge in [0.25, 0.3) is 0 Å². The topological polar surface area (TPSA) is 253 Å². The van der Waals surface area contributed by atoms with Crippen molar-refractivity contribution in [3.8, 4) is 0 Å². The fourth-order valence-electron chi connectivity index (χ4n) is 4.11. The molecule has 1 heterocycles. The van der Waals surface area contributed by atoms with Crippen molar-refractivity contribution in [3.05, 3.63) is 36.0 Å². The van der Waals surface area contributed by atoms with Crippen LogP contribution in [0.3, 0.4) is 0 Å². The molecule has 0 radical (unpaired) electrons. The lowest BCUT2D eigenvalue weighted by Crippen LogP contribution is -2.58. The molecule has 0 bridgehead atoms. The van der Waals surface area contributed by atoms with Gasteiger partial charge >= 0.3 is 5.97 Å². The lowest BCUT2D eigenvalue weighted by Gasteiger charge is -2.25. The first-order valence-electron chi connectivity index (χ1n) is 12.8. The van der Waals surface area contributed by atoms with Gasteiger partial charge in [-0.25, -0.2) is 4.79 Å². The van der Waals surface area contributed by atoms with Gasteiger partial charge in [-0.1, -0.05) is 32.0 Å². The Hall–Kier alpha value is -4.46. The number of amides is 5. The Morgan fingerprint density at radius 2 is 1.48 bits per heavy atom. The van der Waals surface area contributed by atoms with E-state index in [4.69, 9.17) is 17.2 Å². The number of benzene rings is 1. The largest absolute Gasteiger partial charge is 0.480 e. The number of nitrogens with two attached hydrogens (primary N) is 3. The van der Waals surface area contributed by atoms with Crippen molar-refractivity contribution in [2.45, 2.75) is 70.1 Å². The fourth-order valence-corrected chi connectivity index (χ4v) is 4.11. The summed E-state index contributed by atoms with van der Waals surface area (Å²) in [6.07, 6.45) is 0.831. The van der Waals surface area contributed by atoms with Gasteiger partial charge in [0.2, 0.25) is 29.5 Å². The van der Waals surface area contributed by atoms with Gasteiger partial charge in [0.15, 0.2) is 0 Å². The second-order valence-electron chi connectivity index (χ2n) is 10.00. The van der Waals surface area contributed by atoms with Gasteiger partial charge < -0.3 is 43.2 Å². The fraction of sp³-hybridized carbons (Fsp3) is 0.462. The maximum absolute atomic E-state index is 13.1. The monoisotopic (exact) mass is 559 g/mol. The molecule has 1 aromatic heterocycles. The summed E-state index contributed by atoms with van der Waals surface area (Å²) in [6.45, 7) is 3.53. The lowest BCUT2D eigenvalue weighted by molar-refractivity contribution is -0.143. The molecule has 0 saturated carbocycles. The number of hydrogen-bond donors (Lipinski definition) is 8. The Morgan fingerprint density at radius 1 is 0.875 bits per heavy atom. The van der Waals surface area contributed by atoms with Crippen LogP contribution in [-0.4, -0.2) is 69.8 Å². The molecule has 0 aliphatic heterocycles. The molecule has 4 atom stereocenters. The molecule has 0 aliphatic rings. The van der Waals surface area contributed by atoms with Crippen LogP contribution in [0.2, 0.25) is 0 Å². The molecule has 2 rings (SSSR count). The maximum atomic E-state index is 13.1. The summed E-state index contributed by atoms with van der Waals surface area (Å²) >= 11 is 0. The van der Waals surface area contributed by atoms with E-state index in [0.29, 0.717) is 0 Å². The van der Waals surface area contributed by atoms with Gasteiger partial charge in [0.05, 0.1) is 12.5 Å². The minimum Gasteiger partial charge on any atom is -0.480 e. The number of nitrogens with one attached hydrogen (secondary N) is 4. The number of fused-ring (bicyclic) bond motifs is 1. The van der Waals surface area contributed by atoms with Crippen molar-refractivity contribution in [3.63, 3.8) is 0 Å². The van der Waals surface area contributed by atoms with E-state index in [1.54, 1.807) is 20.0 Å². The average Bonchev–Trinajstić information content (AvgIpc) is 3.27. The number of aliphatic carboxylic acids is 1. The number of aromatic nitrogens is 1. The van der Waals surface area contributed by atoms with E-state index >= 15 is 0 Å². The summed E-state index contributed by atoms with van der Waals surface area (Å²) in [5.41, 5.74) is 18.2. The van der Waals surface area contributed by atoms with Crippen LogP contribution in [0.5, 0.6) is 0 Å². The van der Waals surface area contributed by atoms with Crippen molar-refractivity contribution < 1.29 is 33.9 Å². The number of carboxylic acids is 1. The first-order valence-corrected chi connectivity index (χ1v) is 12.8. The van der Waals surface area contributed by atoms with E-state index < -0.39 is 66.1 Å². The van der Waals surface area contributed by atoms with Crippen molar-refractivity contribution in [2.24, 2.45) is 23.1 Å². The molecule has 14 heteroatoms. The zero-order valence-corrected chi connectivity index (χ0v) is 22.4. The number of rotatable bonds is 16. The number of hydrogen-bond acceptors (Lipinski definition) is 7. The Morgan fingerprint density at radius 3 is 2.08 bits per heavy atom. The van der Waals surface area contributed by atoms with E-state index in [-0.39, 0.29) is 31.6 Å². The van der Waals surface area contributed by atoms with Crippen LogP contribution in [0.1, 0.15) is 45.1 Å². The summed E-state index contributed by atoms with van der Waals surface area (Å²) in [7, 11) is 0. The van der Waals surface area contributed by atoms with Gasteiger partial charge in [-0.2, -0.15) is 0 Å². The molecule has 0 spiro atoms. The smallest absolute Gasteiger partial charge is 0.326 e. The first-order chi connectivity index (χ1) is 18.8. The van der Waals surface area contributed by atoms with Gasteiger partial charge in [0.1, 0.15) is 18.1 Å². The molecule has 40 heavy (non-hydrogen) atoms. The lowest BCUT2D eigenvalue weighted by atomic mass is 10.0. The SMILES string of the molecule is CC(C)CC(NC(=O)C(CC(N)=O)NC(=O)C(CCC(N)=O)NC(=O)C(N)Cc1c[nH]c2ccccc12)C(=O)O. The molecule has 11 N–H and O–H groups in total. The van der Waals surface area contributed by atoms with Crippen LogP contribution in [-0.2, 0) is 35.2 Å².